The molecule has 1 aromatic heterocycles. The van der Waals surface area contributed by atoms with Gasteiger partial charge in [-0.3, -0.25) is 4.79 Å². The van der Waals surface area contributed by atoms with Gasteiger partial charge in [0.1, 0.15) is 16.9 Å². The maximum Gasteiger partial charge on any atom is 0.153 e. The topological polar surface area (TPSA) is 50.4 Å². The Morgan fingerprint density at radius 3 is 2.55 bits per heavy atom. The molecule has 3 heteroatoms. The van der Waals surface area contributed by atoms with Gasteiger partial charge in [0.2, 0.25) is 0 Å². The van der Waals surface area contributed by atoms with Crippen molar-refractivity contribution in [1.82, 2.24) is 0 Å². The minimum atomic E-state index is -0.0164. The lowest BCUT2D eigenvalue weighted by Gasteiger charge is -2.06. The van der Waals surface area contributed by atoms with Crippen LogP contribution in [0.3, 0.4) is 0 Å². The van der Waals surface area contributed by atoms with Gasteiger partial charge in [-0.1, -0.05) is 36.4 Å². The number of aromatic hydroxyl groups is 1. The zero-order valence-corrected chi connectivity index (χ0v) is 11.6. The van der Waals surface area contributed by atoms with E-state index in [9.17, 15) is 9.90 Å². The molecule has 3 aromatic carbocycles. The van der Waals surface area contributed by atoms with Gasteiger partial charge in [-0.25, -0.2) is 0 Å². The van der Waals surface area contributed by atoms with Crippen LogP contribution in [0.4, 0.5) is 0 Å². The lowest BCUT2D eigenvalue weighted by atomic mass is 9.98. The Labute approximate surface area is 126 Å². The van der Waals surface area contributed by atoms with Crippen LogP contribution >= 0.6 is 0 Å². The number of phenolic OH excluding ortho intramolecular Hbond substituents is 1. The van der Waals surface area contributed by atoms with Gasteiger partial charge < -0.3 is 9.52 Å². The van der Waals surface area contributed by atoms with Gasteiger partial charge in [-0.05, 0) is 35.4 Å². The van der Waals surface area contributed by atoms with Crippen LogP contribution in [0.15, 0.2) is 65.1 Å². The number of rotatable bonds is 2. The van der Waals surface area contributed by atoms with Gasteiger partial charge in [-0.2, -0.15) is 0 Å². The van der Waals surface area contributed by atoms with Crippen LogP contribution in [0.2, 0.25) is 0 Å². The highest BCUT2D eigenvalue weighted by atomic mass is 16.3. The van der Waals surface area contributed by atoms with Crippen LogP contribution in [-0.4, -0.2) is 11.4 Å². The third kappa shape index (κ3) is 1.79. The molecule has 0 aliphatic carbocycles. The molecule has 1 heterocycles. The Balaban J connectivity index is 2.06. The molecule has 0 saturated heterocycles. The van der Waals surface area contributed by atoms with Gasteiger partial charge in [-0.15, -0.1) is 0 Å². The van der Waals surface area contributed by atoms with Crippen LogP contribution in [0.25, 0.3) is 33.1 Å². The van der Waals surface area contributed by atoms with E-state index in [1.54, 1.807) is 12.1 Å². The second-order valence-electron chi connectivity index (χ2n) is 5.17. The summed E-state index contributed by atoms with van der Waals surface area (Å²) in [6.07, 6.45) is 0.646. The zero-order valence-electron chi connectivity index (χ0n) is 11.6. The molecule has 0 aliphatic heterocycles. The minimum absolute atomic E-state index is 0.0164. The van der Waals surface area contributed by atoms with Crippen LogP contribution < -0.4 is 0 Å². The second-order valence-corrected chi connectivity index (χ2v) is 5.17. The molecular formula is C19H12O3. The first kappa shape index (κ1) is 12.7. The molecule has 0 bridgehead atoms. The summed E-state index contributed by atoms with van der Waals surface area (Å²) in [7, 11) is 0. The fourth-order valence-corrected chi connectivity index (χ4v) is 2.83. The number of hydrogen-bond acceptors (Lipinski definition) is 3. The van der Waals surface area contributed by atoms with E-state index in [1.165, 1.54) is 0 Å². The summed E-state index contributed by atoms with van der Waals surface area (Å²) in [5, 5.41) is 12.0. The van der Waals surface area contributed by atoms with E-state index < -0.39 is 0 Å². The molecule has 0 amide bonds. The first-order chi connectivity index (χ1) is 10.8. The number of benzene rings is 3. The van der Waals surface area contributed by atoms with E-state index in [0.29, 0.717) is 6.29 Å². The molecule has 1 N–H and O–H groups in total. The number of phenols is 1. The Hall–Kier alpha value is -3.07. The van der Waals surface area contributed by atoms with Crippen LogP contribution in [0, 0.1) is 0 Å². The third-order valence-electron chi connectivity index (χ3n) is 3.87. The average Bonchev–Trinajstić information content (AvgIpc) is 2.93. The normalized spacial score (nSPS) is 11.1. The molecule has 0 unspecified atom stereocenters. The lowest BCUT2D eigenvalue weighted by Crippen LogP contribution is -1.84. The lowest BCUT2D eigenvalue weighted by molar-refractivity contribution is 0.112. The van der Waals surface area contributed by atoms with Gasteiger partial charge in [0, 0.05) is 10.8 Å². The van der Waals surface area contributed by atoms with Gasteiger partial charge in [0.15, 0.2) is 6.29 Å². The number of aldehydes is 1. The van der Waals surface area contributed by atoms with Crippen molar-refractivity contribution in [2.75, 3.05) is 0 Å². The minimum Gasteiger partial charge on any atom is -0.507 e. The molecule has 4 rings (SSSR count). The first-order valence-corrected chi connectivity index (χ1v) is 6.97. The number of carbonyl (C=O) groups is 1. The maximum atomic E-state index is 10.8. The monoisotopic (exact) mass is 288 g/mol. The number of para-hydroxylation sites is 1. The molecule has 0 spiro atoms. The molecule has 0 saturated carbocycles. The fourth-order valence-electron chi connectivity index (χ4n) is 2.83. The zero-order chi connectivity index (χ0) is 15.1. The predicted octanol–water partition coefficient (Wildman–Crippen LogP) is 4.77. The predicted molar refractivity (Wildman–Crippen MR) is 86.2 cm³/mol. The number of furan rings is 1. The van der Waals surface area contributed by atoms with Crippen molar-refractivity contribution in [2.24, 2.45) is 0 Å². The first-order valence-electron chi connectivity index (χ1n) is 6.97. The molecule has 4 aromatic rings. The average molecular weight is 288 g/mol. The smallest absolute Gasteiger partial charge is 0.153 e. The van der Waals surface area contributed by atoms with Crippen molar-refractivity contribution in [3.05, 3.63) is 66.2 Å². The highest BCUT2D eigenvalue weighted by Crippen LogP contribution is 2.37. The van der Waals surface area contributed by atoms with Gasteiger partial charge in [0.25, 0.3) is 0 Å². The third-order valence-corrected chi connectivity index (χ3v) is 3.87. The second kappa shape index (κ2) is 4.74. The summed E-state index contributed by atoms with van der Waals surface area (Å²) in [6, 6.07) is 18.8. The van der Waals surface area contributed by atoms with Crippen LogP contribution in [0.5, 0.6) is 5.75 Å². The van der Waals surface area contributed by atoms with Gasteiger partial charge >= 0.3 is 0 Å². The van der Waals surface area contributed by atoms with Crippen molar-refractivity contribution in [2.45, 2.75) is 0 Å². The molecule has 3 nitrogen and oxygen atoms in total. The molecule has 106 valence electrons. The summed E-state index contributed by atoms with van der Waals surface area (Å²) < 4.78 is 5.87. The number of hydrogen-bond donors (Lipinski definition) is 1. The van der Waals surface area contributed by atoms with E-state index in [4.69, 9.17) is 4.42 Å². The van der Waals surface area contributed by atoms with E-state index in [-0.39, 0.29) is 11.3 Å². The van der Waals surface area contributed by atoms with E-state index in [0.717, 1.165) is 33.1 Å². The maximum absolute atomic E-state index is 10.8. The fraction of sp³-hybridized carbons (Fsp3) is 0. The van der Waals surface area contributed by atoms with Crippen LogP contribution in [0.1, 0.15) is 10.4 Å². The summed E-state index contributed by atoms with van der Waals surface area (Å²) in [5.41, 5.74) is 3.74. The SMILES string of the molecule is O=Cc1ccc(-c2cccc3oc4ccccc4c23)cc1O. The van der Waals surface area contributed by atoms with E-state index >= 15 is 0 Å². The molecule has 0 aliphatic rings. The Kier molecular flexibility index (Phi) is 2.73. The van der Waals surface area contributed by atoms with Crippen molar-refractivity contribution in [3.8, 4) is 16.9 Å². The summed E-state index contributed by atoms with van der Waals surface area (Å²) in [4.78, 5) is 10.8. The Bertz CT molecular complexity index is 1010. The molecular weight excluding hydrogens is 276 g/mol. The van der Waals surface area contributed by atoms with E-state index in [2.05, 4.69) is 0 Å². The summed E-state index contributed by atoms with van der Waals surface area (Å²) in [5.74, 6) is -0.0164. The molecule has 22 heavy (non-hydrogen) atoms. The highest BCUT2D eigenvalue weighted by molar-refractivity contribution is 6.12. The van der Waals surface area contributed by atoms with Crippen molar-refractivity contribution in [3.63, 3.8) is 0 Å². The molecule has 0 radical (unpaired) electrons. The number of fused-ring (bicyclic) bond motifs is 3. The summed E-state index contributed by atoms with van der Waals surface area (Å²) >= 11 is 0. The highest BCUT2D eigenvalue weighted by Gasteiger charge is 2.12. The number of carbonyl (C=O) groups excluding carboxylic acids is 1. The van der Waals surface area contributed by atoms with Crippen LogP contribution in [-0.2, 0) is 0 Å². The van der Waals surface area contributed by atoms with Crippen molar-refractivity contribution < 1.29 is 14.3 Å². The van der Waals surface area contributed by atoms with Crippen molar-refractivity contribution >= 4 is 28.2 Å². The largest absolute Gasteiger partial charge is 0.507 e. The summed E-state index contributed by atoms with van der Waals surface area (Å²) in [6.45, 7) is 0. The Morgan fingerprint density at radius 2 is 1.73 bits per heavy atom. The van der Waals surface area contributed by atoms with Crippen molar-refractivity contribution in [1.29, 1.82) is 0 Å². The van der Waals surface area contributed by atoms with Gasteiger partial charge in [0.05, 0.1) is 5.56 Å². The quantitative estimate of drug-likeness (QED) is 0.540. The Morgan fingerprint density at radius 1 is 0.909 bits per heavy atom. The molecule has 0 fully saturated rings. The van der Waals surface area contributed by atoms with E-state index in [1.807, 2.05) is 48.5 Å². The molecule has 0 atom stereocenters. The standard InChI is InChI=1S/C19H12O3/c20-11-13-9-8-12(10-16(13)21)14-5-3-7-18-19(14)15-4-1-2-6-17(15)22-18/h1-11,21H.